The van der Waals surface area contributed by atoms with Gasteiger partial charge in [-0.2, -0.15) is 5.10 Å². The number of fused-ring (bicyclic) bond motifs is 1. The largest absolute Gasteiger partial charge is 0.342 e. The van der Waals surface area contributed by atoms with Crippen LogP contribution in [0.2, 0.25) is 0 Å². The molecular weight excluding hydrogens is 356 g/mol. The first-order valence-corrected chi connectivity index (χ1v) is 8.01. The zero-order chi connectivity index (χ0) is 16.1. The average Bonchev–Trinajstić information content (AvgIpc) is 2.96. The molecule has 0 aliphatic heterocycles. The Bertz CT molecular complexity index is 823. The molecule has 0 radical (unpaired) electrons. The highest BCUT2D eigenvalue weighted by Gasteiger charge is 2.05. The highest BCUT2D eigenvalue weighted by molar-refractivity contribution is 9.10. The van der Waals surface area contributed by atoms with E-state index in [9.17, 15) is 4.79 Å². The van der Waals surface area contributed by atoms with Gasteiger partial charge in [-0.25, -0.2) is 10.4 Å². The van der Waals surface area contributed by atoms with E-state index in [4.69, 9.17) is 0 Å². The molecule has 6 heteroatoms. The van der Waals surface area contributed by atoms with E-state index in [-0.39, 0.29) is 5.91 Å². The molecule has 0 unspecified atom stereocenters. The fourth-order valence-corrected chi connectivity index (χ4v) is 2.59. The molecule has 3 rings (SSSR count). The number of para-hydroxylation sites is 2. The first kappa shape index (κ1) is 15.4. The molecule has 0 aliphatic rings. The van der Waals surface area contributed by atoms with Crippen molar-refractivity contribution in [1.82, 2.24) is 15.4 Å². The average molecular weight is 371 g/mol. The SMILES string of the molecule is O=C(CCc1nc2ccccc2[nH]1)N/N=C\c1cccc(Br)c1. The van der Waals surface area contributed by atoms with Crippen molar-refractivity contribution in [3.05, 3.63) is 64.4 Å². The van der Waals surface area contributed by atoms with Gasteiger partial charge in [0.2, 0.25) is 5.91 Å². The predicted octanol–water partition coefficient (Wildman–Crippen LogP) is 3.41. The minimum atomic E-state index is -0.142. The van der Waals surface area contributed by atoms with Gasteiger partial charge in [-0.3, -0.25) is 4.79 Å². The molecule has 5 nitrogen and oxygen atoms in total. The second-order valence-electron chi connectivity index (χ2n) is 5.05. The van der Waals surface area contributed by atoms with Crippen LogP contribution < -0.4 is 5.43 Å². The fourth-order valence-electron chi connectivity index (χ4n) is 2.18. The molecule has 0 bridgehead atoms. The van der Waals surface area contributed by atoms with E-state index < -0.39 is 0 Å². The van der Waals surface area contributed by atoms with Crippen LogP contribution in [0.1, 0.15) is 17.8 Å². The number of hydrogen-bond donors (Lipinski definition) is 2. The molecule has 2 N–H and O–H groups in total. The molecule has 0 fully saturated rings. The van der Waals surface area contributed by atoms with E-state index in [1.807, 2.05) is 48.5 Å². The summed E-state index contributed by atoms with van der Waals surface area (Å²) >= 11 is 3.39. The topological polar surface area (TPSA) is 70.1 Å². The molecule has 0 spiro atoms. The maximum Gasteiger partial charge on any atom is 0.240 e. The standard InChI is InChI=1S/C17H15BrN4O/c18-13-5-3-4-12(10-13)11-19-22-17(23)9-8-16-20-14-6-1-2-7-15(14)21-16/h1-7,10-11H,8-9H2,(H,20,21)(H,22,23)/b19-11-. The second kappa shape index (κ2) is 7.19. The van der Waals surface area contributed by atoms with Crippen LogP contribution in [0, 0.1) is 0 Å². The number of aryl methyl sites for hydroxylation is 1. The molecule has 1 amide bonds. The van der Waals surface area contributed by atoms with E-state index in [1.165, 1.54) is 0 Å². The summed E-state index contributed by atoms with van der Waals surface area (Å²) in [5, 5.41) is 3.96. The number of aromatic amines is 1. The Morgan fingerprint density at radius 1 is 1.26 bits per heavy atom. The number of carbonyl (C=O) groups is 1. The lowest BCUT2D eigenvalue weighted by molar-refractivity contribution is -0.121. The number of hydrogen-bond acceptors (Lipinski definition) is 3. The van der Waals surface area contributed by atoms with Gasteiger partial charge in [-0.05, 0) is 29.8 Å². The van der Waals surface area contributed by atoms with Gasteiger partial charge in [-0.1, -0.05) is 40.2 Å². The molecule has 2 aromatic carbocycles. The summed E-state index contributed by atoms with van der Waals surface area (Å²) in [6, 6.07) is 15.5. The van der Waals surface area contributed by atoms with Gasteiger partial charge in [0.1, 0.15) is 5.82 Å². The summed E-state index contributed by atoms with van der Waals surface area (Å²) in [6.45, 7) is 0. The van der Waals surface area contributed by atoms with Gasteiger partial charge in [0, 0.05) is 17.3 Å². The highest BCUT2D eigenvalue weighted by atomic mass is 79.9. The summed E-state index contributed by atoms with van der Waals surface area (Å²) in [4.78, 5) is 19.5. The van der Waals surface area contributed by atoms with Crippen LogP contribution in [-0.2, 0) is 11.2 Å². The molecule has 0 atom stereocenters. The van der Waals surface area contributed by atoms with Crippen molar-refractivity contribution < 1.29 is 4.79 Å². The first-order valence-electron chi connectivity index (χ1n) is 7.22. The number of nitrogens with one attached hydrogen (secondary N) is 2. The first-order chi connectivity index (χ1) is 11.2. The zero-order valence-corrected chi connectivity index (χ0v) is 13.9. The molecular formula is C17H15BrN4O. The van der Waals surface area contributed by atoms with Crippen molar-refractivity contribution in [2.24, 2.45) is 5.10 Å². The van der Waals surface area contributed by atoms with Crippen molar-refractivity contribution >= 4 is 39.1 Å². The number of amides is 1. The summed E-state index contributed by atoms with van der Waals surface area (Å²) in [5.41, 5.74) is 5.34. The normalized spacial score (nSPS) is 11.2. The van der Waals surface area contributed by atoms with Crippen LogP contribution in [0.15, 0.2) is 58.1 Å². The van der Waals surface area contributed by atoms with Crippen LogP contribution in [0.5, 0.6) is 0 Å². The summed E-state index contributed by atoms with van der Waals surface area (Å²) in [5.74, 6) is 0.661. The Kier molecular flexibility index (Phi) is 4.83. The van der Waals surface area contributed by atoms with E-state index in [0.717, 1.165) is 26.9 Å². The summed E-state index contributed by atoms with van der Waals surface area (Å²) in [7, 11) is 0. The number of nitrogens with zero attached hydrogens (tertiary/aromatic N) is 2. The van der Waals surface area contributed by atoms with Gasteiger partial charge in [-0.15, -0.1) is 0 Å². The van der Waals surface area contributed by atoms with Crippen molar-refractivity contribution in [3.8, 4) is 0 Å². The van der Waals surface area contributed by atoms with Crippen LogP contribution in [0.4, 0.5) is 0 Å². The Balaban J connectivity index is 1.51. The monoisotopic (exact) mass is 370 g/mol. The number of halogens is 1. The predicted molar refractivity (Wildman–Crippen MR) is 94.3 cm³/mol. The number of benzene rings is 2. The minimum absolute atomic E-state index is 0.142. The van der Waals surface area contributed by atoms with Gasteiger partial charge < -0.3 is 4.98 Å². The van der Waals surface area contributed by atoms with Crippen LogP contribution in [0.3, 0.4) is 0 Å². The van der Waals surface area contributed by atoms with Crippen LogP contribution >= 0.6 is 15.9 Å². The molecule has 23 heavy (non-hydrogen) atoms. The maximum atomic E-state index is 11.8. The van der Waals surface area contributed by atoms with Crippen molar-refractivity contribution in [1.29, 1.82) is 0 Å². The van der Waals surface area contributed by atoms with Crippen molar-refractivity contribution in [3.63, 3.8) is 0 Å². The molecule has 0 saturated carbocycles. The number of rotatable bonds is 5. The third-order valence-corrected chi connectivity index (χ3v) is 3.77. The van der Waals surface area contributed by atoms with Crippen LogP contribution in [-0.4, -0.2) is 22.1 Å². The number of carbonyl (C=O) groups excluding carboxylic acids is 1. The fraction of sp³-hybridized carbons (Fsp3) is 0.118. The quantitative estimate of drug-likeness (QED) is 0.533. The third kappa shape index (κ3) is 4.26. The van der Waals surface area contributed by atoms with E-state index in [1.54, 1.807) is 6.21 Å². The molecule has 0 saturated heterocycles. The van der Waals surface area contributed by atoms with E-state index >= 15 is 0 Å². The van der Waals surface area contributed by atoms with E-state index in [0.29, 0.717) is 12.8 Å². The number of H-pyrrole nitrogens is 1. The van der Waals surface area contributed by atoms with Gasteiger partial charge in [0.15, 0.2) is 0 Å². The number of aromatic nitrogens is 2. The minimum Gasteiger partial charge on any atom is -0.342 e. The molecule has 1 aromatic heterocycles. The highest BCUT2D eigenvalue weighted by Crippen LogP contribution is 2.11. The van der Waals surface area contributed by atoms with Crippen LogP contribution in [0.25, 0.3) is 11.0 Å². The van der Waals surface area contributed by atoms with Gasteiger partial charge in [0.25, 0.3) is 0 Å². The lowest BCUT2D eigenvalue weighted by Crippen LogP contribution is -2.18. The molecule has 3 aromatic rings. The second-order valence-corrected chi connectivity index (χ2v) is 5.96. The Labute approximate surface area is 142 Å². The summed E-state index contributed by atoms with van der Waals surface area (Å²) in [6.07, 6.45) is 2.49. The molecule has 0 aliphatic carbocycles. The third-order valence-electron chi connectivity index (χ3n) is 3.28. The lowest BCUT2D eigenvalue weighted by atomic mass is 10.2. The van der Waals surface area contributed by atoms with Gasteiger partial charge >= 0.3 is 0 Å². The number of hydrazone groups is 1. The van der Waals surface area contributed by atoms with Gasteiger partial charge in [0.05, 0.1) is 17.2 Å². The Hall–Kier alpha value is -2.47. The number of imidazole rings is 1. The van der Waals surface area contributed by atoms with Crippen molar-refractivity contribution in [2.45, 2.75) is 12.8 Å². The maximum absolute atomic E-state index is 11.8. The van der Waals surface area contributed by atoms with Crippen molar-refractivity contribution in [2.75, 3.05) is 0 Å². The molecule has 1 heterocycles. The lowest BCUT2D eigenvalue weighted by Gasteiger charge is -1.98. The smallest absolute Gasteiger partial charge is 0.240 e. The zero-order valence-electron chi connectivity index (χ0n) is 12.3. The Morgan fingerprint density at radius 2 is 2.13 bits per heavy atom. The summed E-state index contributed by atoms with van der Waals surface area (Å²) < 4.78 is 0.970. The molecule has 116 valence electrons. The Morgan fingerprint density at radius 3 is 2.96 bits per heavy atom. The van der Waals surface area contributed by atoms with E-state index in [2.05, 4.69) is 36.4 Å².